The molecule has 3 heterocycles. The third-order valence-corrected chi connectivity index (χ3v) is 9.11. The molecule has 8 rings (SSSR count). The number of aryl methyl sites for hydroxylation is 1. The summed E-state index contributed by atoms with van der Waals surface area (Å²) in [7, 11) is 0. The number of amides is 2. The number of benzene rings is 3. The normalized spacial score (nSPS) is 19.8. The molecule has 46 heavy (non-hydrogen) atoms. The number of hydrogen-bond donors (Lipinski definition) is 3. The van der Waals surface area contributed by atoms with Crippen LogP contribution in [0, 0.1) is 18.8 Å². The van der Waals surface area contributed by atoms with Crippen molar-refractivity contribution in [1.29, 1.82) is 0 Å². The molecular formula is C36H28N6O4. The Labute approximate surface area is 263 Å². The van der Waals surface area contributed by atoms with Gasteiger partial charge >= 0.3 is 0 Å². The molecule has 1 saturated carbocycles. The summed E-state index contributed by atoms with van der Waals surface area (Å²) in [6.07, 6.45) is 1.31. The number of allylic oxidation sites excluding steroid dienone is 2. The van der Waals surface area contributed by atoms with E-state index < -0.39 is 0 Å². The average Bonchev–Trinajstić information content (AvgIpc) is 3.39. The second-order valence-electron chi connectivity index (χ2n) is 12.0. The molecule has 2 atom stereocenters. The average molecular weight is 609 g/mol. The summed E-state index contributed by atoms with van der Waals surface area (Å²) in [5, 5.41) is 6.21. The number of likely N-dealkylation sites (tertiary alicyclic amines) is 1. The van der Waals surface area contributed by atoms with Gasteiger partial charge in [-0.2, -0.15) is 0 Å². The van der Waals surface area contributed by atoms with E-state index in [-0.39, 0.29) is 47.0 Å². The van der Waals surface area contributed by atoms with E-state index in [1.807, 2.05) is 49.4 Å². The largest absolute Gasteiger partial charge is 0.352 e. The number of rotatable bonds is 6. The first-order valence-corrected chi connectivity index (χ1v) is 15.1. The van der Waals surface area contributed by atoms with Crippen LogP contribution < -0.4 is 10.6 Å². The van der Waals surface area contributed by atoms with Crippen LogP contribution in [0.5, 0.6) is 0 Å². The van der Waals surface area contributed by atoms with Crippen LogP contribution in [0.3, 0.4) is 0 Å². The standard InChI is InChI=1S/C36H28N6O4/c1-19-13-14-20(15-29(19)38-30-16-31(43)21-7-2-3-8-22(21)33(30)44)35(45)41-32-23-17-42(18-24(23)32)36(46)28-12-6-11-27(37-28)34-39-25-9-4-5-10-26(25)40-34/h2-16,23-24,32,38H,17-18H2,1H3,(H,39,40)(H,41,45). The zero-order valence-electron chi connectivity index (χ0n) is 24.8. The van der Waals surface area contributed by atoms with Crippen LogP contribution in [0.15, 0.2) is 96.7 Å². The first kappa shape index (κ1) is 27.6. The second-order valence-corrected chi connectivity index (χ2v) is 12.0. The number of H-pyrrole nitrogens is 1. The molecule has 5 aromatic rings. The maximum absolute atomic E-state index is 13.4. The molecule has 1 aliphatic heterocycles. The molecule has 0 spiro atoms. The molecule has 2 aromatic heterocycles. The molecule has 2 unspecified atom stereocenters. The predicted octanol–water partition coefficient (Wildman–Crippen LogP) is 4.81. The molecule has 3 aromatic carbocycles. The van der Waals surface area contributed by atoms with Crippen LogP contribution in [0.4, 0.5) is 5.69 Å². The van der Waals surface area contributed by atoms with Crippen molar-refractivity contribution in [3.63, 3.8) is 0 Å². The summed E-state index contributed by atoms with van der Waals surface area (Å²) in [6.45, 7) is 2.95. The number of aromatic amines is 1. The van der Waals surface area contributed by atoms with E-state index in [2.05, 4.69) is 25.6 Å². The fourth-order valence-electron chi connectivity index (χ4n) is 6.51. The van der Waals surface area contributed by atoms with E-state index in [9.17, 15) is 19.2 Å². The first-order valence-electron chi connectivity index (χ1n) is 15.1. The fourth-order valence-corrected chi connectivity index (χ4v) is 6.51. The minimum absolute atomic E-state index is 0.0270. The van der Waals surface area contributed by atoms with Gasteiger partial charge in [-0.15, -0.1) is 0 Å². The molecule has 226 valence electrons. The number of fused-ring (bicyclic) bond motifs is 3. The Balaban J connectivity index is 0.907. The molecule has 10 heteroatoms. The van der Waals surface area contributed by atoms with Gasteiger partial charge in [0.1, 0.15) is 11.4 Å². The Morgan fingerprint density at radius 2 is 1.63 bits per heavy atom. The fraction of sp³-hybridized carbons (Fsp3) is 0.167. The number of nitrogens with one attached hydrogen (secondary N) is 3. The number of piperidine rings is 1. The van der Waals surface area contributed by atoms with Crippen LogP contribution in [-0.4, -0.2) is 62.4 Å². The molecule has 2 aliphatic carbocycles. The molecule has 2 amide bonds. The Kier molecular flexibility index (Phi) is 6.38. The Morgan fingerprint density at radius 3 is 2.43 bits per heavy atom. The van der Waals surface area contributed by atoms with Gasteiger partial charge in [0.2, 0.25) is 5.78 Å². The number of carbonyl (C=O) groups is 4. The minimum atomic E-state index is -0.272. The Bertz CT molecular complexity index is 2100. The minimum Gasteiger partial charge on any atom is -0.352 e. The van der Waals surface area contributed by atoms with Crippen LogP contribution in [0.2, 0.25) is 0 Å². The number of hydrogen-bond acceptors (Lipinski definition) is 7. The lowest BCUT2D eigenvalue weighted by Crippen LogP contribution is -2.37. The lowest BCUT2D eigenvalue weighted by Gasteiger charge is -2.20. The molecule has 3 aliphatic rings. The number of Topliss-reactive ketones (excluding diaryl/α,β-unsaturated/α-hetero) is 1. The van der Waals surface area contributed by atoms with Gasteiger partial charge in [0, 0.05) is 59.4 Å². The van der Waals surface area contributed by atoms with Crippen molar-refractivity contribution in [2.45, 2.75) is 13.0 Å². The predicted molar refractivity (Wildman–Crippen MR) is 171 cm³/mol. The second kappa shape index (κ2) is 10.6. The van der Waals surface area contributed by atoms with Gasteiger partial charge in [0.05, 0.1) is 16.7 Å². The maximum Gasteiger partial charge on any atom is 0.272 e. The van der Waals surface area contributed by atoms with Gasteiger partial charge in [-0.3, -0.25) is 19.2 Å². The van der Waals surface area contributed by atoms with Crippen LogP contribution in [0.1, 0.15) is 47.1 Å². The van der Waals surface area contributed by atoms with Crippen molar-refractivity contribution in [2.24, 2.45) is 11.8 Å². The Morgan fingerprint density at radius 1 is 0.870 bits per heavy atom. The van der Waals surface area contributed by atoms with Gasteiger partial charge < -0.3 is 20.5 Å². The lowest BCUT2D eigenvalue weighted by molar-refractivity contribution is 0.0763. The van der Waals surface area contributed by atoms with E-state index in [0.29, 0.717) is 52.7 Å². The maximum atomic E-state index is 13.4. The van der Waals surface area contributed by atoms with Gasteiger partial charge in [0.25, 0.3) is 11.8 Å². The lowest BCUT2D eigenvalue weighted by atomic mass is 9.92. The molecule has 2 fully saturated rings. The number of carbonyl (C=O) groups excluding carboxylic acids is 4. The third-order valence-electron chi connectivity index (χ3n) is 9.11. The highest BCUT2D eigenvalue weighted by Crippen LogP contribution is 2.46. The van der Waals surface area contributed by atoms with Crippen molar-refractivity contribution >= 4 is 40.1 Å². The van der Waals surface area contributed by atoms with E-state index >= 15 is 0 Å². The number of imidazole rings is 1. The van der Waals surface area contributed by atoms with Crippen molar-refractivity contribution in [1.82, 2.24) is 25.2 Å². The quantitative estimate of drug-likeness (QED) is 0.252. The number of para-hydroxylation sites is 2. The number of aromatic nitrogens is 3. The number of anilines is 1. The van der Waals surface area contributed by atoms with Crippen molar-refractivity contribution < 1.29 is 19.2 Å². The smallest absolute Gasteiger partial charge is 0.272 e. The van der Waals surface area contributed by atoms with Gasteiger partial charge in [-0.1, -0.05) is 48.5 Å². The Hall–Kier alpha value is -5.90. The van der Waals surface area contributed by atoms with Crippen molar-refractivity contribution in [2.75, 3.05) is 18.4 Å². The molecule has 1 saturated heterocycles. The SMILES string of the molecule is Cc1ccc(C(=O)NC2C3CN(C(=O)c4cccc(-c5nc6ccccc6[nH]5)n4)CC32)cc1NC1=CC(=O)c2ccccc2C1=O. The third kappa shape index (κ3) is 4.75. The van der Waals surface area contributed by atoms with Gasteiger partial charge in [0.15, 0.2) is 11.6 Å². The van der Waals surface area contributed by atoms with Crippen LogP contribution in [-0.2, 0) is 0 Å². The number of ketones is 2. The monoisotopic (exact) mass is 608 g/mol. The van der Waals surface area contributed by atoms with Crippen molar-refractivity contribution in [3.05, 3.63) is 125 Å². The highest BCUT2D eigenvalue weighted by Gasteiger charge is 2.57. The molecule has 10 nitrogen and oxygen atoms in total. The molecule has 0 radical (unpaired) electrons. The van der Waals surface area contributed by atoms with E-state index in [0.717, 1.165) is 16.6 Å². The van der Waals surface area contributed by atoms with Gasteiger partial charge in [-0.05, 0) is 48.9 Å². The zero-order chi connectivity index (χ0) is 31.5. The highest BCUT2D eigenvalue weighted by molar-refractivity contribution is 6.25. The van der Waals surface area contributed by atoms with Crippen molar-refractivity contribution in [3.8, 4) is 11.5 Å². The van der Waals surface area contributed by atoms with E-state index in [1.165, 1.54) is 6.08 Å². The zero-order valence-corrected chi connectivity index (χ0v) is 24.8. The summed E-state index contributed by atoms with van der Waals surface area (Å²) >= 11 is 0. The number of nitrogens with zero attached hydrogens (tertiary/aromatic N) is 3. The molecule has 3 N–H and O–H groups in total. The van der Waals surface area contributed by atoms with Crippen LogP contribution >= 0.6 is 0 Å². The summed E-state index contributed by atoms with van der Waals surface area (Å²) < 4.78 is 0. The summed E-state index contributed by atoms with van der Waals surface area (Å²) in [5.74, 6) is 0.0649. The summed E-state index contributed by atoms with van der Waals surface area (Å²) in [5.41, 5.74) is 5.44. The van der Waals surface area contributed by atoms with E-state index in [4.69, 9.17) is 0 Å². The highest BCUT2D eigenvalue weighted by atomic mass is 16.2. The molecule has 0 bridgehead atoms. The summed E-state index contributed by atoms with van der Waals surface area (Å²) in [4.78, 5) is 66.5. The van der Waals surface area contributed by atoms with E-state index in [1.54, 1.807) is 47.4 Å². The summed E-state index contributed by atoms with van der Waals surface area (Å²) in [6, 6.07) is 25.0. The first-order chi connectivity index (χ1) is 22.3. The topological polar surface area (TPSA) is 137 Å². The van der Waals surface area contributed by atoms with Gasteiger partial charge in [-0.25, -0.2) is 9.97 Å². The molecular weight excluding hydrogens is 580 g/mol. The van der Waals surface area contributed by atoms with Crippen LogP contribution in [0.25, 0.3) is 22.6 Å². The number of pyridine rings is 1.